The highest BCUT2D eigenvalue weighted by Crippen LogP contribution is 2.39. The molecular formula is C24H28N2O6S. The second-order valence-corrected chi connectivity index (χ2v) is 10.6. The Kier molecular flexibility index (Phi) is 5.32. The summed E-state index contributed by atoms with van der Waals surface area (Å²) in [5, 5.41) is 2.84. The van der Waals surface area contributed by atoms with Crippen LogP contribution in [-0.2, 0) is 21.2 Å². The summed E-state index contributed by atoms with van der Waals surface area (Å²) in [6.45, 7) is 2.09. The maximum Gasteiger partial charge on any atom is 0.257 e. The minimum absolute atomic E-state index is 0.0141. The van der Waals surface area contributed by atoms with Gasteiger partial charge in [-0.25, -0.2) is 8.42 Å². The SMILES string of the molecule is [2H]C([2H])([2H])Oc1ccc([C@@H](CS(C)(=O)=O)N2Cc3cccc(NC(=O)C4CC4)c3C2=O)cc1OCC. The molecule has 0 spiro atoms. The first kappa shape index (κ1) is 19.4. The van der Waals surface area contributed by atoms with E-state index < -0.39 is 28.8 Å². The van der Waals surface area contributed by atoms with Crippen molar-refractivity contribution in [1.29, 1.82) is 0 Å². The first-order chi connectivity index (χ1) is 16.9. The van der Waals surface area contributed by atoms with Crippen LogP contribution in [0.15, 0.2) is 36.4 Å². The molecule has 1 saturated carbocycles. The number of carbonyl (C=O) groups excluding carboxylic acids is 2. The molecule has 8 nitrogen and oxygen atoms in total. The number of amides is 2. The van der Waals surface area contributed by atoms with Gasteiger partial charge in [-0.1, -0.05) is 18.2 Å². The molecule has 2 aromatic rings. The summed E-state index contributed by atoms with van der Waals surface area (Å²) in [7, 11) is -6.24. The Bertz CT molecular complexity index is 1290. The number of fused-ring (bicyclic) bond motifs is 1. The molecule has 0 saturated heterocycles. The monoisotopic (exact) mass is 475 g/mol. The van der Waals surface area contributed by atoms with Gasteiger partial charge in [0.2, 0.25) is 5.91 Å². The first-order valence-corrected chi connectivity index (χ1v) is 12.8. The van der Waals surface area contributed by atoms with Crippen LogP contribution in [0.3, 0.4) is 0 Å². The summed E-state index contributed by atoms with van der Waals surface area (Å²) in [4.78, 5) is 27.4. The number of nitrogens with zero attached hydrogens (tertiary/aromatic N) is 1. The zero-order valence-electron chi connectivity index (χ0n) is 21.5. The fraction of sp³-hybridized carbons (Fsp3) is 0.417. The van der Waals surface area contributed by atoms with Gasteiger partial charge in [-0.2, -0.15) is 0 Å². The van der Waals surface area contributed by atoms with Gasteiger partial charge in [0.25, 0.3) is 5.91 Å². The number of ether oxygens (including phenoxy) is 2. The van der Waals surface area contributed by atoms with E-state index in [1.807, 2.05) is 0 Å². The second kappa shape index (κ2) is 9.05. The average molecular weight is 476 g/mol. The fourth-order valence-electron chi connectivity index (χ4n) is 4.06. The number of nitrogens with one attached hydrogen (secondary N) is 1. The topological polar surface area (TPSA) is 102 Å². The average Bonchev–Trinajstić information content (AvgIpc) is 3.56. The molecule has 1 aliphatic carbocycles. The Labute approximate surface area is 198 Å². The number of carbonyl (C=O) groups is 2. The lowest BCUT2D eigenvalue weighted by Gasteiger charge is -2.28. The number of hydrogen-bond acceptors (Lipinski definition) is 6. The van der Waals surface area contributed by atoms with Gasteiger partial charge in [-0.15, -0.1) is 0 Å². The minimum atomic E-state index is -3.54. The van der Waals surface area contributed by atoms with Crippen molar-refractivity contribution in [2.24, 2.45) is 5.92 Å². The van der Waals surface area contributed by atoms with Crippen LogP contribution in [0, 0.1) is 5.92 Å². The Morgan fingerprint density at radius 3 is 2.73 bits per heavy atom. The molecule has 1 N–H and O–H groups in total. The number of benzene rings is 2. The van der Waals surface area contributed by atoms with Gasteiger partial charge < -0.3 is 19.7 Å². The smallest absolute Gasteiger partial charge is 0.257 e. The summed E-state index contributed by atoms with van der Waals surface area (Å²) >= 11 is 0. The van der Waals surface area contributed by atoms with Crippen LogP contribution in [0.4, 0.5) is 5.69 Å². The van der Waals surface area contributed by atoms with Gasteiger partial charge in [0, 0.05) is 18.7 Å². The van der Waals surface area contributed by atoms with Crippen molar-refractivity contribution in [2.45, 2.75) is 32.4 Å². The van der Waals surface area contributed by atoms with Crippen molar-refractivity contribution >= 4 is 27.3 Å². The highest BCUT2D eigenvalue weighted by atomic mass is 32.2. The number of methoxy groups -OCH3 is 1. The molecule has 2 aliphatic rings. The van der Waals surface area contributed by atoms with Crippen molar-refractivity contribution in [3.8, 4) is 11.5 Å². The van der Waals surface area contributed by atoms with Gasteiger partial charge >= 0.3 is 0 Å². The van der Waals surface area contributed by atoms with Crippen LogP contribution in [0.5, 0.6) is 11.5 Å². The summed E-state index contributed by atoms with van der Waals surface area (Å²) in [6, 6.07) is 8.75. The van der Waals surface area contributed by atoms with E-state index >= 15 is 0 Å². The zero-order chi connectivity index (χ0) is 26.3. The van der Waals surface area contributed by atoms with E-state index in [0.29, 0.717) is 22.4 Å². The number of hydrogen-bond donors (Lipinski definition) is 1. The van der Waals surface area contributed by atoms with Crippen LogP contribution < -0.4 is 14.8 Å². The zero-order valence-corrected chi connectivity index (χ0v) is 19.3. The molecule has 0 bridgehead atoms. The molecule has 1 atom stereocenters. The third-order valence-corrected chi connectivity index (χ3v) is 6.69. The maximum absolute atomic E-state index is 13.6. The molecule has 0 unspecified atom stereocenters. The van der Waals surface area contributed by atoms with E-state index in [1.54, 1.807) is 25.1 Å². The standard InChI is InChI=1S/C24H28N2O6S/c1-4-32-21-12-16(10-11-20(21)31-2)19(14-33(3,29)30)26-13-17-6-5-7-18(22(17)24(26)28)25-23(27)15-8-9-15/h5-7,10-12,15,19H,4,8-9,13-14H2,1-3H3,(H,25,27)/t19-/m1/s1/i2D3. The number of sulfone groups is 1. The minimum Gasteiger partial charge on any atom is -0.493 e. The lowest BCUT2D eigenvalue weighted by atomic mass is 10.1. The van der Waals surface area contributed by atoms with Crippen molar-refractivity contribution < 1.29 is 31.6 Å². The van der Waals surface area contributed by atoms with Gasteiger partial charge in [0.05, 0.1) is 40.8 Å². The molecule has 0 radical (unpaired) electrons. The molecule has 0 aromatic heterocycles. The Morgan fingerprint density at radius 2 is 2.06 bits per heavy atom. The van der Waals surface area contributed by atoms with Gasteiger partial charge in [0.1, 0.15) is 9.84 Å². The van der Waals surface area contributed by atoms with E-state index in [-0.39, 0.29) is 42.2 Å². The molecule has 9 heteroatoms. The van der Waals surface area contributed by atoms with Gasteiger partial charge in [-0.05, 0) is 49.1 Å². The quantitative estimate of drug-likeness (QED) is 0.598. The molecular weight excluding hydrogens is 444 g/mol. The summed E-state index contributed by atoms with van der Waals surface area (Å²) < 4.78 is 57.5. The first-order valence-electron chi connectivity index (χ1n) is 12.2. The third-order valence-electron chi connectivity index (χ3n) is 5.77. The van der Waals surface area contributed by atoms with Crippen molar-refractivity contribution in [2.75, 3.05) is 31.0 Å². The predicted molar refractivity (Wildman–Crippen MR) is 124 cm³/mol. The Balaban J connectivity index is 1.70. The highest BCUT2D eigenvalue weighted by Gasteiger charge is 2.38. The van der Waals surface area contributed by atoms with E-state index in [0.717, 1.165) is 19.1 Å². The number of anilines is 1. The highest BCUT2D eigenvalue weighted by molar-refractivity contribution is 7.90. The van der Waals surface area contributed by atoms with Crippen LogP contribution in [0.1, 0.15) is 51.4 Å². The molecule has 4 rings (SSSR count). The molecule has 33 heavy (non-hydrogen) atoms. The lowest BCUT2D eigenvalue weighted by Crippen LogP contribution is -2.34. The fourth-order valence-corrected chi connectivity index (χ4v) is 5.00. The third kappa shape index (κ3) is 4.98. The normalized spacial score (nSPS) is 18.1. The largest absolute Gasteiger partial charge is 0.493 e. The maximum atomic E-state index is 13.6. The molecule has 1 fully saturated rings. The predicted octanol–water partition coefficient (Wildman–Crippen LogP) is 3.18. The van der Waals surface area contributed by atoms with E-state index in [2.05, 4.69) is 5.32 Å². The molecule has 1 aliphatic heterocycles. The second-order valence-electron chi connectivity index (χ2n) is 8.39. The van der Waals surface area contributed by atoms with E-state index in [4.69, 9.17) is 13.6 Å². The summed E-state index contributed by atoms with van der Waals surface area (Å²) in [5.41, 5.74) is 1.88. The Hall–Kier alpha value is -3.07. The van der Waals surface area contributed by atoms with Crippen molar-refractivity contribution in [1.82, 2.24) is 4.90 Å². The van der Waals surface area contributed by atoms with Crippen molar-refractivity contribution in [3.63, 3.8) is 0 Å². The van der Waals surface area contributed by atoms with E-state index in [1.165, 1.54) is 23.1 Å². The molecule has 176 valence electrons. The van der Waals surface area contributed by atoms with Crippen LogP contribution in [0.2, 0.25) is 0 Å². The van der Waals surface area contributed by atoms with E-state index in [9.17, 15) is 18.0 Å². The van der Waals surface area contributed by atoms with Crippen LogP contribution >= 0.6 is 0 Å². The summed E-state index contributed by atoms with van der Waals surface area (Å²) in [5.74, 6) is -0.814. The molecule has 1 heterocycles. The van der Waals surface area contributed by atoms with Gasteiger partial charge in [0.15, 0.2) is 11.5 Å². The van der Waals surface area contributed by atoms with Crippen molar-refractivity contribution in [3.05, 3.63) is 53.1 Å². The van der Waals surface area contributed by atoms with Crippen LogP contribution in [-0.4, -0.2) is 50.8 Å². The number of rotatable bonds is 9. The molecule has 2 aromatic carbocycles. The van der Waals surface area contributed by atoms with Crippen LogP contribution in [0.25, 0.3) is 0 Å². The summed E-state index contributed by atoms with van der Waals surface area (Å²) in [6.07, 6.45) is 2.73. The van der Waals surface area contributed by atoms with Gasteiger partial charge in [-0.3, -0.25) is 9.59 Å². The Morgan fingerprint density at radius 1 is 1.27 bits per heavy atom. The molecule has 2 amide bonds. The lowest BCUT2D eigenvalue weighted by molar-refractivity contribution is -0.117.